The third-order valence-electron chi connectivity index (χ3n) is 6.74. The van der Waals surface area contributed by atoms with Gasteiger partial charge in [-0.1, -0.05) is 29.8 Å². The number of ether oxygens (including phenoxy) is 1. The van der Waals surface area contributed by atoms with Gasteiger partial charge in [-0.2, -0.15) is 0 Å². The molecule has 124 valence electrons. The minimum Gasteiger partial charge on any atom is -0.469 e. The van der Waals surface area contributed by atoms with Crippen LogP contribution in [0.2, 0.25) is 0 Å². The Labute approximate surface area is 142 Å². The lowest BCUT2D eigenvalue weighted by atomic mass is 9.64. The number of nitrogens with zero attached hydrogens (tertiary/aromatic N) is 2. The first-order valence-electron chi connectivity index (χ1n) is 8.86. The Morgan fingerprint density at radius 2 is 2.25 bits per heavy atom. The van der Waals surface area contributed by atoms with E-state index >= 15 is 0 Å². The zero-order chi connectivity index (χ0) is 16.5. The van der Waals surface area contributed by atoms with Crippen LogP contribution >= 0.6 is 0 Å². The summed E-state index contributed by atoms with van der Waals surface area (Å²) in [6.45, 7) is 4.12. The zero-order valence-electron chi connectivity index (χ0n) is 14.2. The van der Waals surface area contributed by atoms with Gasteiger partial charge in [0.1, 0.15) is 0 Å². The van der Waals surface area contributed by atoms with Crippen LogP contribution in [0, 0.1) is 11.8 Å². The number of methoxy groups -OCH3 is 1. The maximum absolute atomic E-state index is 12.9. The first-order chi connectivity index (χ1) is 11.7. The lowest BCUT2D eigenvalue weighted by Gasteiger charge is -2.47. The third-order valence-corrected chi connectivity index (χ3v) is 6.74. The summed E-state index contributed by atoms with van der Waals surface area (Å²) in [7, 11) is 1.52. The zero-order valence-corrected chi connectivity index (χ0v) is 14.2. The van der Waals surface area contributed by atoms with Gasteiger partial charge in [-0.3, -0.25) is 14.7 Å². The molecule has 2 bridgehead atoms. The number of para-hydroxylation sites is 1. The Hall–Kier alpha value is -1.94. The lowest BCUT2D eigenvalue weighted by Crippen LogP contribution is -2.59. The van der Waals surface area contributed by atoms with Crippen LogP contribution in [-0.2, 0) is 14.9 Å². The largest absolute Gasteiger partial charge is 0.469 e. The predicted molar refractivity (Wildman–Crippen MR) is 92.6 cm³/mol. The highest BCUT2D eigenvalue weighted by molar-refractivity contribution is 6.07. The molecule has 5 rings (SSSR count). The standard InChI is InChI=1S/C20H22N2O2/c1-3-12-11-22-9-8-16-20(14-6-4-5-7-15(14)21-16)17(22)10-13(12)18(20)19(23)24-2/h3-7,13,17-18H,8-11H2,1-2H3/b12-3+/t13-,17-,18-,20+/m0/s1. The van der Waals surface area contributed by atoms with Crippen LogP contribution in [0.3, 0.4) is 0 Å². The molecule has 1 aliphatic carbocycles. The van der Waals surface area contributed by atoms with Gasteiger partial charge in [0.25, 0.3) is 0 Å². The second kappa shape index (κ2) is 4.79. The molecule has 1 saturated carbocycles. The summed E-state index contributed by atoms with van der Waals surface area (Å²) >= 11 is 0. The second-order valence-corrected chi connectivity index (χ2v) is 7.39. The van der Waals surface area contributed by atoms with E-state index in [-0.39, 0.29) is 23.2 Å². The van der Waals surface area contributed by atoms with Crippen LogP contribution in [0.1, 0.15) is 25.3 Å². The summed E-state index contributed by atoms with van der Waals surface area (Å²) < 4.78 is 5.30. The van der Waals surface area contributed by atoms with Crippen molar-refractivity contribution in [3.63, 3.8) is 0 Å². The Morgan fingerprint density at radius 1 is 1.42 bits per heavy atom. The van der Waals surface area contributed by atoms with Gasteiger partial charge >= 0.3 is 5.97 Å². The fourth-order valence-electron chi connectivity index (χ4n) is 5.91. The van der Waals surface area contributed by atoms with Crippen molar-refractivity contribution < 1.29 is 9.53 Å². The average molecular weight is 322 g/mol. The minimum absolute atomic E-state index is 0.0741. The molecule has 1 aromatic carbocycles. The lowest BCUT2D eigenvalue weighted by molar-refractivity contribution is -0.147. The molecule has 0 unspecified atom stereocenters. The van der Waals surface area contributed by atoms with Crippen molar-refractivity contribution >= 4 is 17.4 Å². The number of rotatable bonds is 1. The molecule has 0 radical (unpaired) electrons. The van der Waals surface area contributed by atoms with E-state index in [2.05, 4.69) is 36.1 Å². The first-order valence-corrected chi connectivity index (χ1v) is 8.86. The maximum Gasteiger partial charge on any atom is 0.310 e. The van der Waals surface area contributed by atoms with Crippen molar-refractivity contribution in [2.24, 2.45) is 16.8 Å². The molecule has 0 amide bonds. The third kappa shape index (κ3) is 1.48. The summed E-state index contributed by atoms with van der Waals surface area (Å²) in [5.41, 5.74) is 4.62. The van der Waals surface area contributed by atoms with Crippen LogP contribution in [0.5, 0.6) is 0 Å². The van der Waals surface area contributed by atoms with E-state index in [1.54, 1.807) is 0 Å². The number of carbonyl (C=O) groups is 1. The number of hydrogen-bond acceptors (Lipinski definition) is 4. The number of piperidine rings is 2. The van der Waals surface area contributed by atoms with E-state index in [0.29, 0.717) is 6.04 Å². The Balaban J connectivity index is 1.80. The van der Waals surface area contributed by atoms with Gasteiger partial charge in [-0.25, -0.2) is 0 Å². The maximum atomic E-state index is 12.9. The van der Waals surface area contributed by atoms with E-state index in [1.165, 1.54) is 24.0 Å². The highest BCUT2D eigenvalue weighted by Gasteiger charge is 2.68. The molecule has 1 spiro atoms. The van der Waals surface area contributed by atoms with Crippen molar-refractivity contribution in [2.45, 2.75) is 31.2 Å². The number of carbonyl (C=O) groups excluding carboxylic acids is 1. The smallest absolute Gasteiger partial charge is 0.310 e. The fourth-order valence-corrected chi connectivity index (χ4v) is 5.91. The molecule has 4 aliphatic rings. The van der Waals surface area contributed by atoms with E-state index in [9.17, 15) is 4.79 Å². The van der Waals surface area contributed by atoms with Crippen molar-refractivity contribution in [3.8, 4) is 0 Å². The van der Waals surface area contributed by atoms with Gasteiger partial charge in [0.2, 0.25) is 0 Å². The number of allylic oxidation sites excluding steroid dienone is 1. The van der Waals surface area contributed by atoms with E-state index < -0.39 is 0 Å². The van der Waals surface area contributed by atoms with Gasteiger partial charge in [-0.15, -0.1) is 0 Å². The van der Waals surface area contributed by atoms with Crippen molar-refractivity contribution in [2.75, 3.05) is 20.2 Å². The summed E-state index contributed by atoms with van der Waals surface area (Å²) in [4.78, 5) is 20.5. The summed E-state index contributed by atoms with van der Waals surface area (Å²) in [5.74, 6) is 0.0551. The van der Waals surface area contributed by atoms with Crippen molar-refractivity contribution in [3.05, 3.63) is 41.5 Å². The Kier molecular flexibility index (Phi) is 2.88. The molecule has 3 fully saturated rings. The number of benzene rings is 1. The van der Waals surface area contributed by atoms with Gasteiger partial charge < -0.3 is 4.74 Å². The van der Waals surface area contributed by atoms with Gasteiger partial charge in [0.15, 0.2) is 0 Å². The number of esters is 1. The van der Waals surface area contributed by atoms with E-state index in [1.807, 2.05) is 6.07 Å². The van der Waals surface area contributed by atoms with Gasteiger partial charge in [0, 0.05) is 24.8 Å². The highest BCUT2D eigenvalue weighted by atomic mass is 16.5. The molecule has 4 atom stereocenters. The molecule has 3 heterocycles. The molecule has 0 N–H and O–H groups in total. The van der Waals surface area contributed by atoms with Crippen LogP contribution in [-0.4, -0.2) is 42.8 Å². The normalized spacial score (nSPS) is 37.8. The number of aliphatic imine (C=N–C) groups is 1. The topological polar surface area (TPSA) is 41.9 Å². The molecular weight excluding hydrogens is 300 g/mol. The van der Waals surface area contributed by atoms with Crippen LogP contribution in [0.4, 0.5) is 5.69 Å². The summed E-state index contributed by atoms with van der Waals surface area (Å²) in [5, 5.41) is 0. The number of fused-ring (bicyclic) bond motifs is 2. The Bertz CT molecular complexity index is 797. The minimum atomic E-state index is -0.280. The molecule has 4 heteroatoms. The van der Waals surface area contributed by atoms with Crippen LogP contribution in [0.15, 0.2) is 40.9 Å². The van der Waals surface area contributed by atoms with Crippen LogP contribution < -0.4 is 0 Å². The quantitative estimate of drug-likeness (QED) is 0.590. The fraction of sp³-hybridized carbons (Fsp3) is 0.500. The van der Waals surface area contributed by atoms with Crippen molar-refractivity contribution in [1.82, 2.24) is 4.90 Å². The average Bonchev–Trinajstić information content (AvgIpc) is 3.13. The van der Waals surface area contributed by atoms with E-state index in [0.717, 1.165) is 31.6 Å². The van der Waals surface area contributed by atoms with Crippen LogP contribution in [0.25, 0.3) is 0 Å². The monoisotopic (exact) mass is 322 g/mol. The van der Waals surface area contributed by atoms with Crippen molar-refractivity contribution in [1.29, 1.82) is 0 Å². The molecule has 3 aliphatic heterocycles. The molecule has 1 aromatic rings. The Morgan fingerprint density at radius 3 is 3.04 bits per heavy atom. The molecule has 2 saturated heterocycles. The predicted octanol–water partition coefficient (Wildman–Crippen LogP) is 2.85. The van der Waals surface area contributed by atoms with Gasteiger partial charge in [-0.05, 0) is 37.3 Å². The SMILES string of the molecule is C/C=C1\CN2CCC3=Nc4ccccc4[C@@]34[C@H](C(=O)OC)[C@H]1C[C@H]24. The highest BCUT2D eigenvalue weighted by Crippen LogP contribution is 2.62. The number of hydrogen-bond donors (Lipinski definition) is 0. The summed E-state index contributed by atoms with van der Waals surface area (Å²) in [6.07, 6.45) is 4.20. The van der Waals surface area contributed by atoms with Gasteiger partial charge in [0.05, 0.1) is 24.1 Å². The molecular formula is C20H22N2O2. The van der Waals surface area contributed by atoms with E-state index in [4.69, 9.17) is 9.73 Å². The molecule has 0 aromatic heterocycles. The first kappa shape index (κ1) is 14.4. The second-order valence-electron chi connectivity index (χ2n) is 7.39. The summed E-state index contributed by atoms with van der Waals surface area (Å²) in [6, 6.07) is 8.76. The molecule has 4 nitrogen and oxygen atoms in total. The molecule has 24 heavy (non-hydrogen) atoms.